The molecule has 29 heavy (non-hydrogen) atoms. The van der Waals surface area contributed by atoms with E-state index in [9.17, 15) is 13.2 Å². The van der Waals surface area contributed by atoms with E-state index in [4.69, 9.17) is 4.74 Å². The SMILES string of the molecule is COc1ccccc1S(=O)(=O)NC(=O)c1ccc2c(-n3cccn3)cccc2c1. The lowest BCUT2D eigenvalue weighted by atomic mass is 10.1. The number of methoxy groups -OCH3 is 1. The zero-order valence-corrected chi connectivity index (χ0v) is 16.3. The molecule has 8 heteroatoms. The summed E-state index contributed by atoms with van der Waals surface area (Å²) in [5.41, 5.74) is 1.09. The molecule has 1 N–H and O–H groups in total. The third-order valence-corrected chi connectivity index (χ3v) is 5.83. The number of nitrogens with zero attached hydrogens (tertiary/aromatic N) is 2. The van der Waals surface area contributed by atoms with Gasteiger partial charge in [0.15, 0.2) is 0 Å². The highest BCUT2D eigenvalue weighted by Gasteiger charge is 2.22. The van der Waals surface area contributed by atoms with E-state index in [-0.39, 0.29) is 16.2 Å². The zero-order chi connectivity index (χ0) is 20.4. The second kappa shape index (κ2) is 7.40. The molecule has 1 heterocycles. The lowest BCUT2D eigenvalue weighted by molar-refractivity contribution is 0.0981. The Morgan fingerprint density at radius 1 is 1.03 bits per heavy atom. The van der Waals surface area contributed by atoms with Crippen LogP contribution in [0.25, 0.3) is 16.5 Å². The van der Waals surface area contributed by atoms with Crippen LogP contribution in [0.2, 0.25) is 0 Å². The molecule has 4 aromatic rings. The van der Waals surface area contributed by atoms with Crippen molar-refractivity contribution in [2.24, 2.45) is 0 Å². The minimum Gasteiger partial charge on any atom is -0.495 e. The van der Waals surface area contributed by atoms with Crippen LogP contribution in [0.5, 0.6) is 5.75 Å². The standard InChI is InChI=1S/C21H17N3O4S/c1-28-19-8-2-3-9-20(19)29(26,27)23-21(25)16-10-11-17-15(14-16)6-4-7-18(17)24-13-5-12-22-24/h2-14H,1H3,(H,23,25). The molecule has 1 aromatic heterocycles. The fourth-order valence-corrected chi connectivity index (χ4v) is 4.24. The van der Waals surface area contributed by atoms with Gasteiger partial charge in [-0.05, 0) is 41.8 Å². The predicted molar refractivity (Wildman–Crippen MR) is 109 cm³/mol. The molecule has 0 aliphatic heterocycles. The van der Waals surface area contributed by atoms with E-state index in [0.717, 1.165) is 16.5 Å². The van der Waals surface area contributed by atoms with Crippen LogP contribution in [-0.2, 0) is 10.0 Å². The molecule has 1 amide bonds. The summed E-state index contributed by atoms with van der Waals surface area (Å²) in [7, 11) is -2.71. The second-order valence-electron chi connectivity index (χ2n) is 6.25. The molecule has 0 unspecified atom stereocenters. The number of amides is 1. The summed E-state index contributed by atoms with van der Waals surface area (Å²) in [5, 5.41) is 5.92. The van der Waals surface area contributed by atoms with Crippen molar-refractivity contribution >= 4 is 26.7 Å². The van der Waals surface area contributed by atoms with Gasteiger partial charge in [0.25, 0.3) is 15.9 Å². The van der Waals surface area contributed by atoms with Crippen LogP contribution in [0.3, 0.4) is 0 Å². The Bertz CT molecular complexity index is 1300. The molecule has 4 rings (SSSR count). The molecule has 7 nitrogen and oxygen atoms in total. The highest BCUT2D eigenvalue weighted by Crippen LogP contribution is 2.25. The van der Waals surface area contributed by atoms with Crippen molar-refractivity contribution in [2.45, 2.75) is 4.90 Å². The quantitative estimate of drug-likeness (QED) is 0.549. The number of fused-ring (bicyclic) bond motifs is 1. The van der Waals surface area contributed by atoms with Gasteiger partial charge >= 0.3 is 0 Å². The Morgan fingerprint density at radius 2 is 1.86 bits per heavy atom. The molecule has 0 spiro atoms. The molecule has 0 radical (unpaired) electrons. The first-order valence-electron chi connectivity index (χ1n) is 8.72. The predicted octanol–water partition coefficient (Wildman–Crippen LogP) is 3.15. The summed E-state index contributed by atoms with van der Waals surface area (Å²) >= 11 is 0. The molecule has 0 saturated carbocycles. The summed E-state index contributed by atoms with van der Waals surface area (Å²) in [6, 6.07) is 18.6. The number of hydrogen-bond acceptors (Lipinski definition) is 5. The molecule has 0 atom stereocenters. The van der Waals surface area contributed by atoms with E-state index in [1.54, 1.807) is 41.2 Å². The van der Waals surface area contributed by atoms with Crippen LogP contribution in [0, 0.1) is 0 Å². The van der Waals surface area contributed by atoms with Crippen LogP contribution >= 0.6 is 0 Å². The summed E-state index contributed by atoms with van der Waals surface area (Å²) in [5.74, 6) is -0.558. The maximum Gasteiger partial charge on any atom is 0.268 e. The number of nitrogens with one attached hydrogen (secondary N) is 1. The summed E-state index contributed by atoms with van der Waals surface area (Å²) < 4.78 is 34.2. The topological polar surface area (TPSA) is 90.3 Å². The van der Waals surface area contributed by atoms with Gasteiger partial charge < -0.3 is 4.74 Å². The number of rotatable bonds is 5. The minimum atomic E-state index is -4.09. The van der Waals surface area contributed by atoms with E-state index in [0.29, 0.717) is 0 Å². The van der Waals surface area contributed by atoms with Crippen molar-refractivity contribution in [1.82, 2.24) is 14.5 Å². The maximum atomic E-state index is 12.6. The minimum absolute atomic E-state index is 0.0994. The summed E-state index contributed by atoms with van der Waals surface area (Å²) in [6.07, 6.45) is 3.51. The molecule has 0 fully saturated rings. The fourth-order valence-electron chi connectivity index (χ4n) is 3.10. The Labute approximate surface area is 167 Å². The lowest BCUT2D eigenvalue weighted by Crippen LogP contribution is -2.30. The maximum absolute atomic E-state index is 12.6. The number of ether oxygens (including phenoxy) is 1. The van der Waals surface area contributed by atoms with Crippen LogP contribution in [0.4, 0.5) is 0 Å². The van der Waals surface area contributed by atoms with Gasteiger partial charge in [0, 0.05) is 23.3 Å². The molecule has 0 aliphatic rings. The van der Waals surface area contributed by atoms with Crippen LogP contribution in [0.15, 0.2) is 84.0 Å². The molecular formula is C21H17N3O4S. The Balaban J connectivity index is 1.67. The number of carbonyl (C=O) groups is 1. The van der Waals surface area contributed by atoms with Crippen LogP contribution in [0.1, 0.15) is 10.4 Å². The Morgan fingerprint density at radius 3 is 2.62 bits per heavy atom. The molecular weight excluding hydrogens is 390 g/mol. The zero-order valence-electron chi connectivity index (χ0n) is 15.4. The number of benzene rings is 3. The van der Waals surface area contributed by atoms with Crippen molar-refractivity contribution in [2.75, 3.05) is 7.11 Å². The summed E-state index contributed by atoms with van der Waals surface area (Å²) in [6.45, 7) is 0. The molecule has 146 valence electrons. The van der Waals surface area contributed by atoms with E-state index in [1.165, 1.54) is 19.2 Å². The summed E-state index contributed by atoms with van der Waals surface area (Å²) in [4.78, 5) is 12.5. The van der Waals surface area contributed by atoms with Gasteiger partial charge in [-0.2, -0.15) is 5.10 Å². The third-order valence-electron chi connectivity index (χ3n) is 4.46. The van der Waals surface area contributed by atoms with E-state index in [2.05, 4.69) is 9.82 Å². The molecule has 0 saturated heterocycles. The number of hydrogen-bond donors (Lipinski definition) is 1. The van der Waals surface area contributed by atoms with Gasteiger partial charge in [0.1, 0.15) is 10.6 Å². The first kappa shape index (κ1) is 18.7. The lowest BCUT2D eigenvalue weighted by Gasteiger charge is -2.11. The van der Waals surface area contributed by atoms with Gasteiger partial charge in [0.2, 0.25) is 0 Å². The number of para-hydroxylation sites is 1. The first-order valence-corrected chi connectivity index (χ1v) is 10.2. The Kier molecular flexibility index (Phi) is 4.77. The van der Waals surface area contributed by atoms with E-state index < -0.39 is 15.9 Å². The van der Waals surface area contributed by atoms with Crippen molar-refractivity contribution in [3.05, 3.63) is 84.7 Å². The van der Waals surface area contributed by atoms with Gasteiger partial charge in [-0.15, -0.1) is 0 Å². The Hall–Kier alpha value is -3.65. The van der Waals surface area contributed by atoms with Crippen molar-refractivity contribution < 1.29 is 17.9 Å². The third kappa shape index (κ3) is 3.57. The van der Waals surface area contributed by atoms with Gasteiger partial charge in [-0.1, -0.05) is 30.3 Å². The van der Waals surface area contributed by atoms with Gasteiger partial charge in [0.05, 0.1) is 12.8 Å². The average Bonchev–Trinajstić information content (AvgIpc) is 3.27. The van der Waals surface area contributed by atoms with E-state index >= 15 is 0 Å². The normalized spacial score (nSPS) is 11.3. The van der Waals surface area contributed by atoms with Crippen LogP contribution in [-0.4, -0.2) is 31.2 Å². The second-order valence-corrected chi connectivity index (χ2v) is 7.90. The number of sulfonamides is 1. The van der Waals surface area contributed by atoms with Crippen LogP contribution < -0.4 is 9.46 Å². The molecule has 3 aromatic carbocycles. The smallest absolute Gasteiger partial charge is 0.268 e. The molecule has 0 bridgehead atoms. The van der Waals surface area contributed by atoms with E-state index in [1.807, 2.05) is 30.5 Å². The van der Waals surface area contributed by atoms with Crippen molar-refractivity contribution in [3.63, 3.8) is 0 Å². The monoisotopic (exact) mass is 407 g/mol. The highest BCUT2D eigenvalue weighted by atomic mass is 32.2. The number of aromatic nitrogens is 2. The highest BCUT2D eigenvalue weighted by molar-refractivity contribution is 7.90. The fraction of sp³-hybridized carbons (Fsp3) is 0.0476. The largest absolute Gasteiger partial charge is 0.495 e. The number of carbonyl (C=O) groups excluding carboxylic acids is 1. The average molecular weight is 407 g/mol. The van der Waals surface area contributed by atoms with Crippen molar-refractivity contribution in [1.29, 1.82) is 0 Å². The van der Waals surface area contributed by atoms with Gasteiger partial charge in [-0.25, -0.2) is 17.8 Å². The molecule has 0 aliphatic carbocycles. The van der Waals surface area contributed by atoms with Crippen molar-refractivity contribution in [3.8, 4) is 11.4 Å². The van der Waals surface area contributed by atoms with Gasteiger partial charge in [-0.3, -0.25) is 4.79 Å². The first-order chi connectivity index (χ1) is 14.0.